The number of nitrogens with one attached hydrogen (secondary N) is 1. The van der Waals surface area contributed by atoms with Gasteiger partial charge in [-0.05, 0) is 56.8 Å². The first-order valence-corrected chi connectivity index (χ1v) is 12.1. The van der Waals surface area contributed by atoms with E-state index in [1.165, 1.54) is 18.9 Å². The standard InChI is InChI=1S/C21H33N3O3S/c1-2-3-12-23-15-10-19(11-16-23)22-21(25)18-8-7-9-20(17-18)28(26,27)24-13-5-4-6-14-24/h7-9,17,19H,2-6,10-16H2,1H3,(H,22,25). The Morgan fingerprint density at radius 1 is 1.11 bits per heavy atom. The Morgan fingerprint density at radius 2 is 1.82 bits per heavy atom. The van der Waals surface area contributed by atoms with E-state index in [1.807, 2.05) is 0 Å². The maximum atomic E-state index is 12.9. The van der Waals surface area contributed by atoms with Gasteiger partial charge in [0.25, 0.3) is 5.91 Å². The van der Waals surface area contributed by atoms with Gasteiger partial charge in [0, 0.05) is 37.8 Å². The molecule has 0 aliphatic carbocycles. The molecule has 7 heteroatoms. The Balaban J connectivity index is 1.60. The highest BCUT2D eigenvalue weighted by atomic mass is 32.2. The van der Waals surface area contributed by atoms with Crippen LogP contribution in [-0.2, 0) is 10.0 Å². The van der Waals surface area contributed by atoms with Gasteiger partial charge in [0.2, 0.25) is 10.0 Å². The molecule has 6 nitrogen and oxygen atoms in total. The van der Waals surface area contributed by atoms with Crippen LogP contribution in [0.3, 0.4) is 0 Å². The zero-order valence-electron chi connectivity index (χ0n) is 16.9. The minimum atomic E-state index is -3.52. The lowest BCUT2D eigenvalue weighted by atomic mass is 10.0. The van der Waals surface area contributed by atoms with Crippen molar-refractivity contribution in [2.24, 2.45) is 0 Å². The average molecular weight is 408 g/mol. The van der Waals surface area contributed by atoms with Crippen molar-refractivity contribution in [3.8, 4) is 0 Å². The molecule has 1 amide bonds. The van der Waals surface area contributed by atoms with Gasteiger partial charge in [0.1, 0.15) is 0 Å². The van der Waals surface area contributed by atoms with E-state index in [-0.39, 0.29) is 16.8 Å². The zero-order valence-corrected chi connectivity index (χ0v) is 17.7. The second kappa shape index (κ2) is 9.85. The van der Waals surface area contributed by atoms with Crippen LogP contribution in [0, 0.1) is 0 Å². The average Bonchev–Trinajstić information content (AvgIpc) is 2.74. The number of unbranched alkanes of at least 4 members (excludes halogenated alkanes) is 1. The van der Waals surface area contributed by atoms with Gasteiger partial charge in [0.15, 0.2) is 0 Å². The van der Waals surface area contributed by atoms with Crippen LogP contribution in [-0.4, -0.2) is 62.3 Å². The monoisotopic (exact) mass is 407 g/mol. The largest absolute Gasteiger partial charge is 0.349 e. The van der Waals surface area contributed by atoms with Crippen LogP contribution in [0.4, 0.5) is 0 Å². The van der Waals surface area contributed by atoms with E-state index >= 15 is 0 Å². The number of rotatable bonds is 7. The molecular weight excluding hydrogens is 374 g/mol. The van der Waals surface area contributed by atoms with E-state index in [0.717, 1.165) is 51.7 Å². The molecule has 0 atom stereocenters. The van der Waals surface area contributed by atoms with Crippen molar-refractivity contribution in [3.63, 3.8) is 0 Å². The first kappa shape index (κ1) is 21.3. The molecule has 2 aliphatic heterocycles. The number of benzene rings is 1. The summed E-state index contributed by atoms with van der Waals surface area (Å²) < 4.78 is 27.3. The Bertz CT molecular complexity index is 752. The highest BCUT2D eigenvalue weighted by Crippen LogP contribution is 2.21. The van der Waals surface area contributed by atoms with Gasteiger partial charge in [0.05, 0.1) is 4.90 Å². The summed E-state index contributed by atoms with van der Waals surface area (Å²) in [5.74, 6) is -0.178. The summed E-state index contributed by atoms with van der Waals surface area (Å²) in [6, 6.07) is 6.63. The van der Waals surface area contributed by atoms with Crippen LogP contribution in [0.15, 0.2) is 29.2 Å². The van der Waals surface area contributed by atoms with E-state index in [4.69, 9.17) is 0 Å². The summed E-state index contributed by atoms with van der Waals surface area (Å²) in [6.07, 6.45) is 7.18. The maximum Gasteiger partial charge on any atom is 0.251 e. The van der Waals surface area contributed by atoms with Crippen LogP contribution in [0.5, 0.6) is 0 Å². The minimum Gasteiger partial charge on any atom is -0.349 e. The van der Waals surface area contributed by atoms with Gasteiger partial charge < -0.3 is 10.2 Å². The van der Waals surface area contributed by atoms with Crippen molar-refractivity contribution >= 4 is 15.9 Å². The number of hydrogen-bond acceptors (Lipinski definition) is 4. The van der Waals surface area contributed by atoms with Gasteiger partial charge in [-0.3, -0.25) is 4.79 Å². The molecule has 28 heavy (non-hydrogen) atoms. The van der Waals surface area contributed by atoms with Crippen molar-refractivity contribution in [1.82, 2.24) is 14.5 Å². The molecule has 3 rings (SSSR count). The van der Waals surface area contributed by atoms with E-state index in [0.29, 0.717) is 18.7 Å². The highest BCUT2D eigenvalue weighted by Gasteiger charge is 2.27. The molecule has 0 bridgehead atoms. The molecule has 0 unspecified atom stereocenters. The number of carbonyl (C=O) groups excluding carboxylic acids is 1. The summed E-state index contributed by atoms with van der Waals surface area (Å²) >= 11 is 0. The van der Waals surface area contributed by atoms with E-state index < -0.39 is 10.0 Å². The first-order chi connectivity index (χ1) is 13.5. The number of likely N-dealkylation sites (tertiary alicyclic amines) is 1. The van der Waals surface area contributed by atoms with E-state index in [9.17, 15) is 13.2 Å². The Hall–Kier alpha value is -1.44. The molecular formula is C21H33N3O3S. The minimum absolute atomic E-state index is 0.160. The predicted octanol–water partition coefficient (Wildman–Crippen LogP) is 2.86. The lowest BCUT2D eigenvalue weighted by Crippen LogP contribution is -2.44. The summed E-state index contributed by atoms with van der Waals surface area (Å²) in [6.45, 7) is 6.48. The topological polar surface area (TPSA) is 69.7 Å². The third-order valence-corrected chi connectivity index (χ3v) is 7.69. The molecule has 1 aromatic carbocycles. The predicted molar refractivity (Wildman–Crippen MR) is 111 cm³/mol. The fourth-order valence-electron chi connectivity index (χ4n) is 4.00. The van der Waals surface area contributed by atoms with Crippen LogP contribution < -0.4 is 5.32 Å². The van der Waals surface area contributed by atoms with Crippen molar-refractivity contribution < 1.29 is 13.2 Å². The first-order valence-electron chi connectivity index (χ1n) is 10.6. The van der Waals surface area contributed by atoms with Crippen molar-refractivity contribution in [1.29, 1.82) is 0 Å². The Kier molecular flexibility index (Phi) is 7.48. The molecule has 0 radical (unpaired) electrons. The molecule has 156 valence electrons. The number of sulfonamides is 1. The molecule has 1 N–H and O–H groups in total. The number of nitrogens with zero attached hydrogens (tertiary/aromatic N) is 2. The van der Waals surface area contributed by atoms with Crippen molar-refractivity contribution in [3.05, 3.63) is 29.8 Å². The summed E-state index contributed by atoms with van der Waals surface area (Å²) in [7, 11) is -3.52. The second-order valence-electron chi connectivity index (χ2n) is 7.94. The Morgan fingerprint density at radius 3 is 2.50 bits per heavy atom. The van der Waals surface area contributed by atoms with Crippen molar-refractivity contribution in [2.75, 3.05) is 32.7 Å². The van der Waals surface area contributed by atoms with Crippen LogP contribution >= 0.6 is 0 Å². The lowest BCUT2D eigenvalue weighted by Gasteiger charge is -2.32. The molecule has 2 fully saturated rings. The second-order valence-corrected chi connectivity index (χ2v) is 9.87. The third kappa shape index (κ3) is 5.33. The summed E-state index contributed by atoms with van der Waals surface area (Å²) in [5.41, 5.74) is 0.423. The number of piperidine rings is 2. The fourth-order valence-corrected chi connectivity index (χ4v) is 5.57. The zero-order chi connectivity index (χ0) is 20.0. The van der Waals surface area contributed by atoms with Gasteiger partial charge in [-0.25, -0.2) is 8.42 Å². The van der Waals surface area contributed by atoms with Crippen LogP contribution in [0.1, 0.15) is 62.2 Å². The normalized spacial score (nSPS) is 20.2. The van der Waals surface area contributed by atoms with Crippen LogP contribution in [0.2, 0.25) is 0 Å². The molecule has 2 aliphatic rings. The van der Waals surface area contributed by atoms with E-state index in [1.54, 1.807) is 22.5 Å². The molecule has 0 saturated carbocycles. The Labute approximate surface area is 169 Å². The van der Waals surface area contributed by atoms with Gasteiger partial charge in [-0.15, -0.1) is 0 Å². The molecule has 2 heterocycles. The molecule has 1 aromatic rings. The lowest BCUT2D eigenvalue weighted by molar-refractivity contribution is 0.0910. The molecule has 2 saturated heterocycles. The van der Waals surface area contributed by atoms with E-state index in [2.05, 4.69) is 17.1 Å². The van der Waals surface area contributed by atoms with Crippen molar-refractivity contribution in [2.45, 2.75) is 62.8 Å². The number of carbonyl (C=O) groups is 1. The molecule has 0 aromatic heterocycles. The third-order valence-electron chi connectivity index (χ3n) is 5.80. The fraction of sp³-hybridized carbons (Fsp3) is 0.667. The quantitative estimate of drug-likeness (QED) is 0.755. The number of amides is 1. The van der Waals surface area contributed by atoms with Gasteiger partial charge in [-0.2, -0.15) is 4.31 Å². The summed E-state index contributed by atoms with van der Waals surface area (Å²) in [5, 5.41) is 3.10. The maximum absolute atomic E-state index is 12.9. The number of hydrogen-bond donors (Lipinski definition) is 1. The SMILES string of the molecule is CCCCN1CCC(NC(=O)c2cccc(S(=O)(=O)N3CCCCC3)c2)CC1. The smallest absolute Gasteiger partial charge is 0.251 e. The van der Waals surface area contributed by atoms with Crippen LogP contribution in [0.25, 0.3) is 0 Å². The molecule has 0 spiro atoms. The van der Waals surface area contributed by atoms with Gasteiger partial charge in [-0.1, -0.05) is 25.8 Å². The highest BCUT2D eigenvalue weighted by molar-refractivity contribution is 7.89. The summed E-state index contributed by atoms with van der Waals surface area (Å²) in [4.78, 5) is 15.4. The van der Waals surface area contributed by atoms with Gasteiger partial charge >= 0.3 is 0 Å².